The first-order chi connectivity index (χ1) is 5.90. The maximum absolute atomic E-state index is 5.27. The molecule has 0 aromatic carbocycles. The number of aromatic nitrogens is 2. The third-order valence-electron chi connectivity index (χ3n) is 1.82. The van der Waals surface area contributed by atoms with Gasteiger partial charge < -0.3 is 4.74 Å². The number of hydrogen-bond donors (Lipinski definition) is 1. The maximum Gasteiger partial charge on any atom is 0.275 e. The number of hydrogen-bond acceptors (Lipinski definition) is 3. The van der Waals surface area contributed by atoms with Gasteiger partial charge in [-0.15, -0.1) is 5.10 Å². The Labute approximate surface area is 70.2 Å². The summed E-state index contributed by atoms with van der Waals surface area (Å²) in [6.45, 7) is 2.25. The first-order valence-electron chi connectivity index (χ1n) is 3.90. The maximum atomic E-state index is 5.27. The fourth-order valence-electron chi connectivity index (χ4n) is 1.29. The number of rotatable bonds is 2. The van der Waals surface area contributed by atoms with Gasteiger partial charge in [0.05, 0.1) is 32.6 Å². The quantitative estimate of drug-likeness (QED) is 0.589. The standard InChI is InChI=1S/C7H11N3O2/c1-11-9-7-4-6-5-12-3-2-10(6)8-7/h4H,2-3,5H2,1H3,(H,8,9)/p+1. The summed E-state index contributed by atoms with van der Waals surface area (Å²) in [5, 5.41) is 4.30. The Morgan fingerprint density at radius 2 is 2.67 bits per heavy atom. The second kappa shape index (κ2) is 3.22. The van der Waals surface area contributed by atoms with Crippen LogP contribution in [0.3, 0.4) is 0 Å². The zero-order valence-electron chi connectivity index (χ0n) is 6.99. The van der Waals surface area contributed by atoms with E-state index in [1.165, 1.54) is 0 Å². The molecule has 5 heteroatoms. The third-order valence-corrected chi connectivity index (χ3v) is 1.82. The van der Waals surface area contributed by atoms with E-state index in [9.17, 15) is 0 Å². The van der Waals surface area contributed by atoms with Gasteiger partial charge in [-0.2, -0.15) is 5.48 Å². The summed E-state index contributed by atoms with van der Waals surface area (Å²) in [6, 6.07) is 1.97. The van der Waals surface area contributed by atoms with Gasteiger partial charge in [0, 0.05) is 6.07 Å². The molecule has 1 aromatic heterocycles. The topological polar surface area (TPSA) is 52.9 Å². The highest BCUT2D eigenvalue weighted by Gasteiger charge is 2.14. The molecule has 2 N–H and O–H groups in total. The van der Waals surface area contributed by atoms with E-state index in [4.69, 9.17) is 9.57 Å². The monoisotopic (exact) mass is 170 g/mol. The SMILES string of the molecule is CO[NH2+]c1cc2n(n1)CCOC2. The van der Waals surface area contributed by atoms with E-state index in [-0.39, 0.29) is 0 Å². The van der Waals surface area contributed by atoms with E-state index < -0.39 is 0 Å². The summed E-state index contributed by atoms with van der Waals surface area (Å²) >= 11 is 0. The zero-order valence-corrected chi connectivity index (χ0v) is 6.99. The molecule has 0 atom stereocenters. The molecule has 66 valence electrons. The average molecular weight is 170 g/mol. The Bertz CT molecular complexity index is 248. The van der Waals surface area contributed by atoms with Crippen LogP contribution in [0.2, 0.25) is 0 Å². The molecule has 2 heterocycles. The zero-order chi connectivity index (χ0) is 8.39. The van der Waals surface area contributed by atoms with Gasteiger partial charge >= 0.3 is 0 Å². The minimum Gasteiger partial charge on any atom is -0.373 e. The number of nitrogens with zero attached hydrogens (tertiary/aromatic N) is 2. The van der Waals surface area contributed by atoms with Crippen LogP contribution >= 0.6 is 0 Å². The van der Waals surface area contributed by atoms with Crippen LogP contribution in [0, 0.1) is 0 Å². The van der Waals surface area contributed by atoms with Crippen molar-refractivity contribution in [3.05, 3.63) is 11.8 Å². The first kappa shape index (κ1) is 7.72. The highest BCUT2D eigenvalue weighted by Crippen LogP contribution is 2.10. The van der Waals surface area contributed by atoms with E-state index in [0.29, 0.717) is 6.61 Å². The molecule has 1 aliphatic heterocycles. The summed E-state index contributed by atoms with van der Waals surface area (Å²) in [6.07, 6.45) is 0. The van der Waals surface area contributed by atoms with Gasteiger partial charge in [0.2, 0.25) is 0 Å². The van der Waals surface area contributed by atoms with E-state index in [2.05, 4.69) is 5.10 Å². The van der Waals surface area contributed by atoms with Crippen LogP contribution in [0.5, 0.6) is 0 Å². The minimum atomic E-state index is 0.657. The predicted octanol–water partition coefficient (Wildman–Crippen LogP) is -0.830. The Hall–Kier alpha value is -0.910. The molecule has 2 rings (SSSR count). The summed E-state index contributed by atoms with van der Waals surface area (Å²) < 4.78 is 7.22. The number of nitrogens with two attached hydrogens (primary N) is 1. The summed E-state index contributed by atoms with van der Waals surface area (Å²) in [5.41, 5.74) is 2.75. The van der Waals surface area contributed by atoms with Crippen LogP contribution in [0.4, 0.5) is 5.82 Å². The first-order valence-corrected chi connectivity index (χ1v) is 3.90. The average Bonchev–Trinajstić information content (AvgIpc) is 2.47. The Morgan fingerprint density at radius 1 is 1.75 bits per heavy atom. The van der Waals surface area contributed by atoms with Crippen LogP contribution < -0.4 is 5.48 Å². The van der Waals surface area contributed by atoms with Crippen molar-refractivity contribution in [1.29, 1.82) is 0 Å². The van der Waals surface area contributed by atoms with Gasteiger partial charge in [0.25, 0.3) is 5.82 Å². The van der Waals surface area contributed by atoms with Crippen LogP contribution in [-0.2, 0) is 22.7 Å². The number of quaternary nitrogens is 1. The van der Waals surface area contributed by atoms with E-state index >= 15 is 0 Å². The van der Waals surface area contributed by atoms with E-state index in [1.54, 1.807) is 12.6 Å². The number of ether oxygens (including phenoxy) is 1. The van der Waals surface area contributed by atoms with Gasteiger partial charge in [-0.3, -0.25) is 4.68 Å². The van der Waals surface area contributed by atoms with Crippen LogP contribution in [0.25, 0.3) is 0 Å². The molecule has 0 aliphatic carbocycles. The van der Waals surface area contributed by atoms with Crippen molar-refractivity contribution in [2.45, 2.75) is 13.2 Å². The summed E-state index contributed by atoms with van der Waals surface area (Å²) in [5.74, 6) is 0.859. The van der Waals surface area contributed by atoms with Crippen molar-refractivity contribution >= 4 is 5.82 Å². The Morgan fingerprint density at radius 3 is 3.42 bits per heavy atom. The van der Waals surface area contributed by atoms with Crippen molar-refractivity contribution in [2.24, 2.45) is 0 Å². The molecule has 1 aliphatic rings. The minimum absolute atomic E-state index is 0.657. The molecule has 0 spiro atoms. The lowest BCUT2D eigenvalue weighted by molar-refractivity contribution is -0.832. The Kier molecular flexibility index (Phi) is 2.07. The highest BCUT2D eigenvalue weighted by atomic mass is 16.6. The lowest BCUT2D eigenvalue weighted by atomic mass is 10.4. The molecule has 0 bridgehead atoms. The van der Waals surface area contributed by atoms with Gasteiger partial charge in [-0.05, 0) is 0 Å². The molecular weight excluding hydrogens is 158 g/mol. The fraction of sp³-hybridized carbons (Fsp3) is 0.571. The molecule has 0 fully saturated rings. The largest absolute Gasteiger partial charge is 0.373 e. The van der Waals surface area contributed by atoms with Crippen LogP contribution in [-0.4, -0.2) is 23.5 Å². The smallest absolute Gasteiger partial charge is 0.275 e. The lowest BCUT2D eigenvalue weighted by Crippen LogP contribution is -2.76. The van der Waals surface area contributed by atoms with Gasteiger partial charge in [-0.1, -0.05) is 0 Å². The highest BCUT2D eigenvalue weighted by molar-refractivity contribution is 5.20. The second-order valence-electron chi connectivity index (χ2n) is 2.69. The van der Waals surface area contributed by atoms with Gasteiger partial charge in [0.1, 0.15) is 0 Å². The molecule has 0 saturated heterocycles. The molecule has 0 amide bonds. The van der Waals surface area contributed by atoms with Crippen LogP contribution in [0.15, 0.2) is 6.07 Å². The molecule has 0 saturated carbocycles. The van der Waals surface area contributed by atoms with Gasteiger partial charge in [-0.25, -0.2) is 4.84 Å². The second-order valence-corrected chi connectivity index (χ2v) is 2.69. The molecular formula is C7H12N3O2+. The van der Waals surface area contributed by atoms with Crippen molar-refractivity contribution in [2.75, 3.05) is 13.7 Å². The third kappa shape index (κ3) is 1.34. The van der Waals surface area contributed by atoms with Crippen molar-refractivity contribution < 1.29 is 15.1 Å². The molecule has 0 unspecified atom stereocenters. The van der Waals surface area contributed by atoms with Gasteiger partial charge in [0.15, 0.2) is 0 Å². The van der Waals surface area contributed by atoms with E-state index in [0.717, 1.165) is 24.7 Å². The summed E-state index contributed by atoms with van der Waals surface area (Å²) in [7, 11) is 1.62. The van der Waals surface area contributed by atoms with E-state index in [1.807, 2.05) is 10.7 Å². The van der Waals surface area contributed by atoms with Crippen LogP contribution in [0.1, 0.15) is 5.69 Å². The molecule has 0 radical (unpaired) electrons. The van der Waals surface area contributed by atoms with Crippen molar-refractivity contribution in [3.63, 3.8) is 0 Å². The van der Waals surface area contributed by atoms with Crippen molar-refractivity contribution in [3.8, 4) is 0 Å². The fourth-order valence-corrected chi connectivity index (χ4v) is 1.29. The Balaban J connectivity index is 2.20. The summed E-state index contributed by atoms with van der Waals surface area (Å²) in [4.78, 5) is 4.86. The lowest BCUT2D eigenvalue weighted by Gasteiger charge is -2.12. The normalized spacial score (nSPS) is 16.1. The predicted molar refractivity (Wildman–Crippen MR) is 40.5 cm³/mol. The number of fused-ring (bicyclic) bond motifs is 1. The molecule has 5 nitrogen and oxygen atoms in total. The molecule has 12 heavy (non-hydrogen) atoms. The molecule has 1 aromatic rings. The van der Waals surface area contributed by atoms with Crippen molar-refractivity contribution in [1.82, 2.24) is 9.78 Å².